The summed E-state index contributed by atoms with van der Waals surface area (Å²) in [6, 6.07) is 2.56. The van der Waals surface area contributed by atoms with Crippen LogP contribution in [0, 0.1) is 0 Å². The Bertz CT molecular complexity index is 589. The Morgan fingerprint density at radius 2 is 2.00 bits per heavy atom. The molecule has 0 bridgehead atoms. The van der Waals surface area contributed by atoms with Gasteiger partial charge in [0.1, 0.15) is 0 Å². The van der Waals surface area contributed by atoms with Crippen LogP contribution in [0.1, 0.15) is 49.4 Å². The van der Waals surface area contributed by atoms with Crippen molar-refractivity contribution in [3.05, 3.63) is 30.1 Å². The average Bonchev–Trinajstić information content (AvgIpc) is 2.86. The number of nitrogens with zero attached hydrogens (tertiary/aromatic N) is 3. The summed E-state index contributed by atoms with van der Waals surface area (Å²) in [5.41, 5.74) is -3.13. The monoisotopic (exact) mass is 329 g/mol. The van der Waals surface area contributed by atoms with Gasteiger partial charge in [-0.1, -0.05) is 19.8 Å². The Kier molecular flexibility index (Phi) is 5.03. The standard InChI is InChI=1S/C15H18F3N3O2/c1-2-3-4-5-12-10-14(23,15(16,17)18)21(20-12)13(22)11-6-8-19-9-7-11/h6-9,23H,2-5,10H2,1H3/t14-/m0/s1. The summed E-state index contributed by atoms with van der Waals surface area (Å²) >= 11 is 0. The fourth-order valence-corrected chi connectivity index (χ4v) is 2.39. The molecule has 0 spiro atoms. The van der Waals surface area contributed by atoms with Crippen LogP contribution < -0.4 is 0 Å². The summed E-state index contributed by atoms with van der Waals surface area (Å²) in [5.74, 6) is -1.00. The number of pyridine rings is 1. The lowest BCUT2D eigenvalue weighted by Crippen LogP contribution is -2.56. The largest absolute Gasteiger partial charge is 0.438 e. The molecule has 1 amide bonds. The highest BCUT2D eigenvalue weighted by molar-refractivity contribution is 5.98. The molecule has 0 unspecified atom stereocenters. The van der Waals surface area contributed by atoms with Gasteiger partial charge in [-0.05, 0) is 25.0 Å². The van der Waals surface area contributed by atoms with Gasteiger partial charge in [-0.2, -0.15) is 23.3 Å². The molecule has 0 saturated heterocycles. The van der Waals surface area contributed by atoms with Crippen molar-refractivity contribution in [1.82, 2.24) is 9.99 Å². The third-order valence-electron chi connectivity index (χ3n) is 3.68. The van der Waals surface area contributed by atoms with Crippen LogP contribution in [0.4, 0.5) is 13.2 Å². The Balaban J connectivity index is 2.28. The van der Waals surface area contributed by atoms with E-state index in [4.69, 9.17) is 0 Å². The summed E-state index contributed by atoms with van der Waals surface area (Å²) < 4.78 is 39.9. The average molecular weight is 329 g/mol. The molecule has 8 heteroatoms. The van der Waals surface area contributed by atoms with E-state index in [1.54, 1.807) is 0 Å². The van der Waals surface area contributed by atoms with E-state index in [0.29, 0.717) is 12.8 Å². The van der Waals surface area contributed by atoms with Gasteiger partial charge in [0.05, 0.1) is 0 Å². The zero-order chi connectivity index (χ0) is 17.1. The molecule has 23 heavy (non-hydrogen) atoms. The molecule has 2 heterocycles. The Morgan fingerprint density at radius 3 is 2.57 bits per heavy atom. The number of carbonyl (C=O) groups is 1. The molecule has 2 rings (SSSR count). The molecular formula is C15H18F3N3O2. The number of carbonyl (C=O) groups excluding carboxylic acids is 1. The van der Waals surface area contributed by atoms with Crippen molar-refractivity contribution in [3.8, 4) is 0 Å². The smallest absolute Gasteiger partial charge is 0.362 e. The second-order valence-electron chi connectivity index (χ2n) is 5.47. The highest BCUT2D eigenvalue weighted by Crippen LogP contribution is 2.41. The van der Waals surface area contributed by atoms with Crippen LogP contribution >= 0.6 is 0 Å². The van der Waals surface area contributed by atoms with Crippen molar-refractivity contribution >= 4 is 11.6 Å². The van der Waals surface area contributed by atoms with E-state index in [1.807, 2.05) is 6.92 Å². The maximum Gasteiger partial charge on any atom is 0.438 e. The van der Waals surface area contributed by atoms with Gasteiger partial charge in [-0.25, -0.2) is 0 Å². The first kappa shape index (κ1) is 17.4. The van der Waals surface area contributed by atoms with Crippen LogP contribution in [-0.2, 0) is 0 Å². The zero-order valence-electron chi connectivity index (χ0n) is 12.7. The van der Waals surface area contributed by atoms with Crippen molar-refractivity contribution in [1.29, 1.82) is 0 Å². The number of hydrazone groups is 1. The maximum atomic E-state index is 13.3. The molecule has 1 aromatic heterocycles. The van der Waals surface area contributed by atoms with Crippen molar-refractivity contribution in [2.45, 2.75) is 50.9 Å². The molecule has 0 fully saturated rings. The molecular weight excluding hydrogens is 311 g/mol. The van der Waals surface area contributed by atoms with E-state index >= 15 is 0 Å². The number of halogens is 3. The quantitative estimate of drug-likeness (QED) is 0.844. The van der Waals surface area contributed by atoms with Crippen molar-refractivity contribution < 1.29 is 23.1 Å². The summed E-state index contributed by atoms with van der Waals surface area (Å²) in [6.07, 6.45) is -0.364. The summed E-state index contributed by atoms with van der Waals surface area (Å²) in [7, 11) is 0. The number of hydrogen-bond donors (Lipinski definition) is 1. The summed E-state index contributed by atoms with van der Waals surface area (Å²) in [6.45, 7) is 1.97. The lowest BCUT2D eigenvalue weighted by molar-refractivity contribution is -0.297. The fourth-order valence-electron chi connectivity index (χ4n) is 2.39. The second kappa shape index (κ2) is 6.66. The van der Waals surface area contributed by atoms with Crippen LogP contribution in [0.15, 0.2) is 29.6 Å². The van der Waals surface area contributed by atoms with Crippen LogP contribution in [0.25, 0.3) is 0 Å². The molecule has 1 N–H and O–H groups in total. The molecule has 1 aliphatic rings. The SMILES string of the molecule is CCCCCC1=NN(C(=O)c2ccncc2)[C@@](O)(C(F)(F)F)C1. The Hall–Kier alpha value is -1.96. The van der Waals surface area contributed by atoms with Crippen molar-refractivity contribution in [2.24, 2.45) is 5.10 Å². The zero-order valence-corrected chi connectivity index (χ0v) is 12.7. The number of unbranched alkanes of at least 4 members (excludes halogenated alkanes) is 2. The van der Waals surface area contributed by atoms with Gasteiger partial charge in [0.2, 0.25) is 0 Å². The first-order valence-electron chi connectivity index (χ1n) is 7.39. The molecule has 5 nitrogen and oxygen atoms in total. The number of alkyl halides is 3. The van der Waals surface area contributed by atoms with E-state index in [2.05, 4.69) is 10.1 Å². The van der Waals surface area contributed by atoms with E-state index in [0.717, 1.165) is 12.8 Å². The molecule has 0 aliphatic carbocycles. The summed E-state index contributed by atoms with van der Waals surface area (Å²) in [5, 5.41) is 14.0. The van der Waals surface area contributed by atoms with Crippen molar-refractivity contribution in [2.75, 3.05) is 0 Å². The van der Waals surface area contributed by atoms with Gasteiger partial charge in [0.15, 0.2) is 0 Å². The molecule has 126 valence electrons. The van der Waals surface area contributed by atoms with E-state index < -0.39 is 24.2 Å². The highest BCUT2D eigenvalue weighted by atomic mass is 19.4. The van der Waals surface area contributed by atoms with Gasteiger partial charge in [0, 0.05) is 30.1 Å². The Morgan fingerprint density at radius 1 is 1.35 bits per heavy atom. The normalized spacial score (nSPS) is 21.4. The van der Waals surface area contributed by atoms with Gasteiger partial charge in [-0.3, -0.25) is 9.78 Å². The molecule has 1 aliphatic heterocycles. The van der Waals surface area contributed by atoms with Crippen molar-refractivity contribution in [3.63, 3.8) is 0 Å². The number of aromatic nitrogens is 1. The van der Waals surface area contributed by atoms with Crippen LogP contribution in [0.5, 0.6) is 0 Å². The number of rotatable bonds is 5. The number of hydrogen-bond acceptors (Lipinski definition) is 4. The molecule has 1 aromatic rings. The predicted molar refractivity (Wildman–Crippen MR) is 77.6 cm³/mol. The number of aliphatic hydroxyl groups is 1. The predicted octanol–water partition coefficient (Wildman–Crippen LogP) is 3.11. The Labute approximate surface area is 131 Å². The number of amides is 1. The topological polar surface area (TPSA) is 65.8 Å². The molecule has 0 aromatic carbocycles. The van der Waals surface area contributed by atoms with Gasteiger partial charge in [-0.15, -0.1) is 0 Å². The minimum atomic E-state index is -4.99. The lowest BCUT2D eigenvalue weighted by Gasteiger charge is -2.32. The van der Waals surface area contributed by atoms with Gasteiger partial charge >= 0.3 is 6.18 Å². The first-order valence-corrected chi connectivity index (χ1v) is 7.39. The van der Waals surface area contributed by atoms with E-state index in [9.17, 15) is 23.1 Å². The lowest BCUT2D eigenvalue weighted by atomic mass is 10.0. The van der Waals surface area contributed by atoms with Crippen LogP contribution in [0.2, 0.25) is 0 Å². The van der Waals surface area contributed by atoms with Crippen LogP contribution in [0.3, 0.4) is 0 Å². The second-order valence-corrected chi connectivity index (χ2v) is 5.47. The fraction of sp³-hybridized carbons (Fsp3) is 0.533. The van der Waals surface area contributed by atoms with Gasteiger partial charge in [0.25, 0.3) is 11.6 Å². The minimum absolute atomic E-state index is 0.0127. The van der Waals surface area contributed by atoms with Gasteiger partial charge < -0.3 is 5.11 Å². The highest BCUT2D eigenvalue weighted by Gasteiger charge is 2.63. The molecule has 0 radical (unpaired) electrons. The third kappa shape index (κ3) is 3.52. The van der Waals surface area contributed by atoms with E-state index in [-0.39, 0.29) is 16.3 Å². The van der Waals surface area contributed by atoms with Crippen LogP contribution in [-0.4, -0.2) is 38.6 Å². The third-order valence-corrected chi connectivity index (χ3v) is 3.68. The maximum absolute atomic E-state index is 13.3. The summed E-state index contributed by atoms with van der Waals surface area (Å²) in [4.78, 5) is 16.0. The minimum Gasteiger partial charge on any atom is -0.362 e. The first-order chi connectivity index (χ1) is 10.8. The molecule has 0 saturated carbocycles. The molecule has 1 atom stereocenters. The van der Waals surface area contributed by atoms with E-state index in [1.165, 1.54) is 24.5 Å².